The molecule has 5 nitrogen and oxygen atoms in total. The van der Waals surface area contributed by atoms with Gasteiger partial charge in [0, 0.05) is 42.0 Å². The lowest BCUT2D eigenvalue weighted by molar-refractivity contribution is 0.0978. The van der Waals surface area contributed by atoms with Crippen LogP contribution in [-0.2, 0) is 0 Å². The predicted octanol–water partition coefficient (Wildman–Crippen LogP) is 4.37. The van der Waals surface area contributed by atoms with Crippen LogP contribution in [0.15, 0.2) is 46.9 Å². The van der Waals surface area contributed by atoms with Crippen molar-refractivity contribution in [3.8, 4) is 0 Å². The van der Waals surface area contributed by atoms with E-state index in [4.69, 9.17) is 23.8 Å². The first-order chi connectivity index (χ1) is 13.5. The van der Waals surface area contributed by atoms with Crippen molar-refractivity contribution in [1.82, 2.24) is 10.2 Å². The average Bonchev–Trinajstić information content (AvgIpc) is 2.70. The van der Waals surface area contributed by atoms with Crippen LogP contribution >= 0.6 is 39.7 Å². The number of carbonyl (C=O) groups excluding carboxylic acids is 1. The molecule has 2 aromatic carbocycles. The van der Waals surface area contributed by atoms with E-state index in [0.717, 1.165) is 42.9 Å². The highest BCUT2D eigenvalue weighted by Crippen LogP contribution is 2.22. The quantitative estimate of drug-likeness (QED) is 0.635. The van der Waals surface area contributed by atoms with Gasteiger partial charge in [-0.15, -0.1) is 0 Å². The summed E-state index contributed by atoms with van der Waals surface area (Å²) >= 11 is 14.7. The molecule has 0 saturated carbocycles. The molecular formula is C20H22BrClN4OS. The second kappa shape index (κ2) is 9.69. The lowest BCUT2D eigenvalue weighted by Crippen LogP contribution is -2.46. The maximum Gasteiger partial charge on any atom is 0.258 e. The van der Waals surface area contributed by atoms with E-state index in [9.17, 15) is 4.79 Å². The van der Waals surface area contributed by atoms with Crippen LogP contribution in [0.2, 0.25) is 5.02 Å². The van der Waals surface area contributed by atoms with Gasteiger partial charge < -0.3 is 15.1 Å². The van der Waals surface area contributed by atoms with Crippen LogP contribution in [0.1, 0.15) is 17.3 Å². The van der Waals surface area contributed by atoms with Crippen LogP contribution in [0.25, 0.3) is 0 Å². The van der Waals surface area contributed by atoms with Gasteiger partial charge in [0.25, 0.3) is 5.91 Å². The van der Waals surface area contributed by atoms with E-state index in [2.05, 4.69) is 55.4 Å². The molecule has 1 fully saturated rings. The fraction of sp³-hybridized carbons (Fsp3) is 0.300. The monoisotopic (exact) mass is 480 g/mol. The maximum atomic E-state index is 12.4. The number of carbonyl (C=O) groups is 1. The molecule has 148 valence electrons. The molecule has 0 spiro atoms. The third kappa shape index (κ3) is 5.44. The predicted molar refractivity (Wildman–Crippen MR) is 124 cm³/mol. The fourth-order valence-electron chi connectivity index (χ4n) is 3.08. The van der Waals surface area contributed by atoms with E-state index in [1.54, 1.807) is 18.2 Å². The van der Waals surface area contributed by atoms with Crippen molar-refractivity contribution < 1.29 is 4.79 Å². The van der Waals surface area contributed by atoms with Crippen LogP contribution in [-0.4, -0.2) is 48.6 Å². The van der Waals surface area contributed by atoms with Crippen molar-refractivity contribution in [2.24, 2.45) is 0 Å². The third-order valence-electron chi connectivity index (χ3n) is 4.71. The highest BCUT2D eigenvalue weighted by Gasteiger charge is 2.16. The number of nitrogens with zero attached hydrogens (tertiary/aromatic N) is 2. The van der Waals surface area contributed by atoms with E-state index in [-0.39, 0.29) is 11.0 Å². The Hall–Kier alpha value is -1.67. The molecule has 0 atom stereocenters. The molecule has 1 aliphatic rings. The molecule has 2 aromatic rings. The summed E-state index contributed by atoms with van der Waals surface area (Å²) < 4.78 is 0.774. The zero-order chi connectivity index (χ0) is 20.1. The smallest absolute Gasteiger partial charge is 0.258 e. The molecule has 28 heavy (non-hydrogen) atoms. The van der Waals surface area contributed by atoms with Crippen molar-refractivity contribution in [2.45, 2.75) is 6.92 Å². The Morgan fingerprint density at radius 2 is 1.82 bits per heavy atom. The average molecular weight is 482 g/mol. The van der Waals surface area contributed by atoms with Crippen molar-refractivity contribution >= 4 is 62.1 Å². The zero-order valence-corrected chi connectivity index (χ0v) is 18.7. The Labute approximate surface area is 184 Å². The van der Waals surface area contributed by atoms with Crippen LogP contribution in [0.5, 0.6) is 0 Å². The molecular weight excluding hydrogens is 460 g/mol. The molecule has 2 N–H and O–H groups in total. The molecule has 3 rings (SSSR count). The lowest BCUT2D eigenvalue weighted by Gasteiger charge is -2.35. The Balaban J connectivity index is 1.56. The first kappa shape index (κ1) is 21.0. The Morgan fingerprint density at radius 1 is 1.14 bits per heavy atom. The third-order valence-corrected chi connectivity index (χ3v) is 5.74. The topological polar surface area (TPSA) is 47.6 Å². The second-order valence-corrected chi connectivity index (χ2v) is 8.23. The molecule has 1 aliphatic heterocycles. The summed E-state index contributed by atoms with van der Waals surface area (Å²) in [6.07, 6.45) is 0. The molecule has 0 radical (unpaired) electrons. The van der Waals surface area contributed by atoms with Gasteiger partial charge >= 0.3 is 0 Å². The van der Waals surface area contributed by atoms with Gasteiger partial charge in [-0.2, -0.15) is 0 Å². The molecule has 0 aromatic heterocycles. The summed E-state index contributed by atoms with van der Waals surface area (Å²) in [5.74, 6) is -0.353. The van der Waals surface area contributed by atoms with Gasteiger partial charge in [-0.3, -0.25) is 10.1 Å². The fourth-order valence-corrected chi connectivity index (χ4v) is 3.86. The molecule has 0 bridgehead atoms. The Morgan fingerprint density at radius 3 is 2.46 bits per heavy atom. The van der Waals surface area contributed by atoms with Gasteiger partial charge in [0.1, 0.15) is 0 Å². The molecule has 1 heterocycles. The van der Waals surface area contributed by atoms with Gasteiger partial charge in [-0.1, -0.05) is 34.5 Å². The molecule has 0 unspecified atom stereocenters. The highest BCUT2D eigenvalue weighted by atomic mass is 79.9. The van der Waals surface area contributed by atoms with Crippen LogP contribution in [0.3, 0.4) is 0 Å². The van der Waals surface area contributed by atoms with Crippen molar-refractivity contribution in [3.63, 3.8) is 0 Å². The number of hydrogen-bond acceptors (Lipinski definition) is 4. The number of nitrogens with one attached hydrogen (secondary N) is 2. The summed E-state index contributed by atoms with van der Waals surface area (Å²) in [6, 6.07) is 13.2. The largest absolute Gasteiger partial charge is 0.369 e. The number of benzene rings is 2. The normalized spacial score (nSPS) is 14.6. The number of hydrogen-bond donors (Lipinski definition) is 2. The Kier molecular flexibility index (Phi) is 7.29. The molecule has 8 heteroatoms. The van der Waals surface area contributed by atoms with Crippen molar-refractivity contribution in [3.05, 3.63) is 57.5 Å². The number of thiocarbonyl (C=S) groups is 1. The first-order valence-corrected chi connectivity index (χ1v) is 10.7. The summed E-state index contributed by atoms with van der Waals surface area (Å²) in [6.45, 7) is 7.54. The van der Waals surface area contributed by atoms with Gasteiger partial charge in [-0.05, 0) is 61.2 Å². The first-order valence-electron chi connectivity index (χ1n) is 9.11. The zero-order valence-electron chi connectivity index (χ0n) is 15.5. The summed E-state index contributed by atoms with van der Waals surface area (Å²) in [4.78, 5) is 17.2. The number of rotatable bonds is 4. The number of likely N-dealkylation sites (N-methyl/N-ethyl adjacent to an activating group) is 1. The number of amides is 1. The minimum absolute atomic E-state index is 0.227. The van der Waals surface area contributed by atoms with Gasteiger partial charge in [0.2, 0.25) is 0 Å². The van der Waals surface area contributed by atoms with Crippen molar-refractivity contribution in [1.29, 1.82) is 0 Å². The molecule has 1 saturated heterocycles. The number of halogens is 2. The minimum atomic E-state index is -0.353. The summed E-state index contributed by atoms with van der Waals surface area (Å²) in [7, 11) is 0. The van der Waals surface area contributed by atoms with E-state index in [1.165, 1.54) is 5.69 Å². The van der Waals surface area contributed by atoms with E-state index in [0.29, 0.717) is 10.6 Å². The summed E-state index contributed by atoms with van der Waals surface area (Å²) in [5, 5.41) is 6.30. The van der Waals surface area contributed by atoms with Crippen molar-refractivity contribution in [2.75, 3.05) is 42.9 Å². The van der Waals surface area contributed by atoms with Gasteiger partial charge in [0.15, 0.2) is 5.11 Å². The van der Waals surface area contributed by atoms with Gasteiger partial charge in [0.05, 0.1) is 10.6 Å². The second-order valence-electron chi connectivity index (χ2n) is 6.50. The standard InChI is InChI=1S/C20H22BrClN4OS/c1-2-25-9-11-26(12-10-25)16-6-4-15(5-7-16)23-20(28)24-19(27)17-13-14(21)3-8-18(17)22/h3-8,13H,2,9-12H2,1H3,(H2,23,24,27,28). The van der Waals surface area contributed by atoms with E-state index >= 15 is 0 Å². The minimum Gasteiger partial charge on any atom is -0.369 e. The lowest BCUT2D eigenvalue weighted by atomic mass is 10.2. The maximum absolute atomic E-state index is 12.4. The van der Waals surface area contributed by atoms with Crippen LogP contribution in [0.4, 0.5) is 11.4 Å². The number of anilines is 2. The number of piperazine rings is 1. The molecule has 0 aliphatic carbocycles. The van der Waals surface area contributed by atoms with Crippen LogP contribution in [0, 0.1) is 0 Å². The van der Waals surface area contributed by atoms with E-state index < -0.39 is 0 Å². The van der Waals surface area contributed by atoms with Gasteiger partial charge in [-0.25, -0.2) is 0 Å². The van der Waals surface area contributed by atoms with Crippen LogP contribution < -0.4 is 15.5 Å². The Bertz CT molecular complexity index is 854. The highest BCUT2D eigenvalue weighted by molar-refractivity contribution is 9.10. The summed E-state index contributed by atoms with van der Waals surface area (Å²) in [5.41, 5.74) is 2.38. The SMILES string of the molecule is CCN1CCN(c2ccc(NC(=S)NC(=O)c3cc(Br)ccc3Cl)cc2)CC1. The molecule has 1 amide bonds. The van der Waals surface area contributed by atoms with E-state index in [1.807, 2.05) is 12.1 Å².